The second-order valence-corrected chi connectivity index (χ2v) is 6.75. The van der Waals surface area contributed by atoms with Gasteiger partial charge in [-0.2, -0.15) is 5.10 Å². The van der Waals surface area contributed by atoms with Crippen molar-refractivity contribution in [1.29, 1.82) is 0 Å². The van der Waals surface area contributed by atoms with Gasteiger partial charge < -0.3 is 9.84 Å². The van der Waals surface area contributed by atoms with Crippen molar-refractivity contribution in [3.8, 4) is 0 Å². The number of aromatic nitrogens is 3. The molecule has 118 valence electrons. The molecule has 3 rings (SSSR count). The van der Waals surface area contributed by atoms with E-state index in [-0.39, 0.29) is 11.8 Å². The average Bonchev–Trinajstić information content (AvgIpc) is 3.07. The van der Waals surface area contributed by atoms with Gasteiger partial charge in [0.05, 0.1) is 12.3 Å². The van der Waals surface area contributed by atoms with Gasteiger partial charge in [0.1, 0.15) is 15.7 Å². The zero-order chi connectivity index (χ0) is 15.7. The molecule has 1 aliphatic rings. The molecule has 1 atom stereocenters. The molecule has 0 bridgehead atoms. The van der Waals surface area contributed by atoms with Crippen molar-refractivity contribution in [3.05, 3.63) is 32.4 Å². The number of hydrogen-bond donors (Lipinski definition) is 1. The van der Waals surface area contributed by atoms with Crippen LogP contribution in [-0.4, -0.2) is 50.4 Å². The minimum atomic E-state index is -1.00. The van der Waals surface area contributed by atoms with Gasteiger partial charge in [-0.05, 0) is 22.0 Å². The number of ether oxygens (including phenoxy) is 1. The first-order chi connectivity index (χ1) is 10.5. The van der Waals surface area contributed by atoms with Gasteiger partial charge in [-0.3, -0.25) is 9.58 Å². The summed E-state index contributed by atoms with van der Waals surface area (Å²) in [6.45, 7) is 2.89. The van der Waals surface area contributed by atoms with Crippen LogP contribution in [0.2, 0.25) is 0 Å². The topological polar surface area (TPSA) is 80.5 Å². The van der Waals surface area contributed by atoms with Gasteiger partial charge in [0.25, 0.3) is 0 Å². The molecule has 0 spiro atoms. The molecule has 7 nitrogen and oxygen atoms in total. The molecule has 22 heavy (non-hydrogen) atoms. The molecule has 9 heteroatoms. The first kappa shape index (κ1) is 15.6. The summed E-state index contributed by atoms with van der Waals surface area (Å²) >= 11 is 4.70. The van der Waals surface area contributed by atoms with Crippen LogP contribution in [0.15, 0.2) is 16.0 Å². The monoisotopic (exact) mass is 386 g/mol. The van der Waals surface area contributed by atoms with E-state index in [1.54, 1.807) is 5.38 Å². The molecular weight excluding hydrogens is 372 g/mol. The van der Waals surface area contributed by atoms with Crippen molar-refractivity contribution in [1.82, 2.24) is 19.7 Å². The summed E-state index contributed by atoms with van der Waals surface area (Å²) in [6, 6.07) is 2.00. The number of halogens is 1. The van der Waals surface area contributed by atoms with E-state index in [1.165, 1.54) is 11.3 Å². The highest BCUT2D eigenvalue weighted by atomic mass is 79.9. The third-order valence-corrected chi connectivity index (χ3v) is 4.82. The second-order valence-electron chi connectivity index (χ2n) is 5.05. The van der Waals surface area contributed by atoms with E-state index in [0.29, 0.717) is 18.2 Å². The van der Waals surface area contributed by atoms with Crippen LogP contribution in [0.5, 0.6) is 0 Å². The highest BCUT2D eigenvalue weighted by molar-refractivity contribution is 9.10. The SMILES string of the molecule is Cn1nc(Br)cc1CN1CCOC(c2nc(C(=O)O)cs2)C1. The molecule has 1 fully saturated rings. The molecule has 0 radical (unpaired) electrons. The normalized spacial score (nSPS) is 19.5. The van der Waals surface area contributed by atoms with Crippen molar-refractivity contribution >= 4 is 33.2 Å². The van der Waals surface area contributed by atoms with E-state index >= 15 is 0 Å². The number of rotatable bonds is 4. The van der Waals surface area contributed by atoms with E-state index in [1.807, 2.05) is 17.8 Å². The van der Waals surface area contributed by atoms with Crippen molar-refractivity contribution < 1.29 is 14.6 Å². The molecule has 1 N–H and O–H groups in total. The van der Waals surface area contributed by atoms with Gasteiger partial charge in [0.15, 0.2) is 5.69 Å². The Kier molecular flexibility index (Phi) is 4.57. The third kappa shape index (κ3) is 3.37. The first-order valence-corrected chi connectivity index (χ1v) is 8.41. The van der Waals surface area contributed by atoms with Crippen molar-refractivity contribution in [2.45, 2.75) is 12.6 Å². The Bertz CT molecular complexity index is 687. The van der Waals surface area contributed by atoms with E-state index in [2.05, 4.69) is 30.9 Å². The maximum atomic E-state index is 10.9. The van der Waals surface area contributed by atoms with Crippen LogP contribution < -0.4 is 0 Å². The fourth-order valence-electron chi connectivity index (χ4n) is 2.37. The largest absolute Gasteiger partial charge is 0.476 e. The van der Waals surface area contributed by atoms with Crippen molar-refractivity contribution in [2.75, 3.05) is 19.7 Å². The molecule has 1 saturated heterocycles. The minimum Gasteiger partial charge on any atom is -0.476 e. The molecule has 0 aliphatic carbocycles. The maximum absolute atomic E-state index is 10.9. The van der Waals surface area contributed by atoms with Gasteiger partial charge in [-0.1, -0.05) is 0 Å². The summed E-state index contributed by atoms with van der Waals surface area (Å²) in [6.07, 6.45) is -0.177. The maximum Gasteiger partial charge on any atom is 0.355 e. The Hall–Kier alpha value is -1.29. The number of carbonyl (C=O) groups is 1. The van der Waals surface area contributed by atoms with Gasteiger partial charge >= 0.3 is 5.97 Å². The lowest BCUT2D eigenvalue weighted by molar-refractivity contribution is -0.0337. The zero-order valence-electron chi connectivity index (χ0n) is 11.9. The van der Waals surface area contributed by atoms with Crippen LogP contribution in [0.3, 0.4) is 0 Å². The third-order valence-electron chi connectivity index (χ3n) is 3.50. The van der Waals surface area contributed by atoms with Crippen LogP contribution in [0.4, 0.5) is 0 Å². The van der Waals surface area contributed by atoms with E-state index < -0.39 is 5.97 Å². The molecular formula is C13H15BrN4O3S. The summed E-state index contributed by atoms with van der Waals surface area (Å²) in [4.78, 5) is 17.3. The van der Waals surface area contributed by atoms with Crippen molar-refractivity contribution in [2.24, 2.45) is 7.05 Å². The Morgan fingerprint density at radius 1 is 1.64 bits per heavy atom. The Balaban J connectivity index is 1.68. The minimum absolute atomic E-state index is 0.0799. The highest BCUT2D eigenvalue weighted by Crippen LogP contribution is 2.26. The quantitative estimate of drug-likeness (QED) is 0.864. The predicted octanol–water partition coefficient (Wildman–Crippen LogP) is 1.91. The zero-order valence-corrected chi connectivity index (χ0v) is 14.3. The average molecular weight is 387 g/mol. The fraction of sp³-hybridized carbons (Fsp3) is 0.462. The summed E-state index contributed by atoms with van der Waals surface area (Å²) in [5, 5.41) is 15.5. The van der Waals surface area contributed by atoms with Crippen LogP contribution in [0.25, 0.3) is 0 Å². The van der Waals surface area contributed by atoms with Gasteiger partial charge in [-0.25, -0.2) is 9.78 Å². The number of hydrogen-bond acceptors (Lipinski definition) is 6. The van der Waals surface area contributed by atoms with Gasteiger partial charge in [-0.15, -0.1) is 11.3 Å². The molecule has 2 aromatic heterocycles. The number of nitrogens with zero attached hydrogens (tertiary/aromatic N) is 4. The Labute approximate surface area is 139 Å². The fourth-order valence-corrected chi connectivity index (χ4v) is 3.71. The summed E-state index contributed by atoms with van der Waals surface area (Å²) in [5.74, 6) is -1.00. The molecule has 1 aliphatic heterocycles. The smallest absolute Gasteiger partial charge is 0.355 e. The first-order valence-electron chi connectivity index (χ1n) is 6.74. The lowest BCUT2D eigenvalue weighted by atomic mass is 10.2. The molecule has 3 heterocycles. The predicted molar refractivity (Wildman–Crippen MR) is 84.0 cm³/mol. The number of carboxylic acids is 1. The number of aromatic carboxylic acids is 1. The molecule has 2 aromatic rings. The van der Waals surface area contributed by atoms with Crippen molar-refractivity contribution in [3.63, 3.8) is 0 Å². The van der Waals surface area contributed by atoms with Crippen LogP contribution in [-0.2, 0) is 18.3 Å². The molecule has 0 amide bonds. The van der Waals surface area contributed by atoms with Gasteiger partial charge in [0.2, 0.25) is 0 Å². The van der Waals surface area contributed by atoms with E-state index in [9.17, 15) is 4.79 Å². The number of carboxylic acid groups (broad SMARTS) is 1. The van der Waals surface area contributed by atoms with E-state index in [0.717, 1.165) is 23.4 Å². The van der Waals surface area contributed by atoms with Crippen LogP contribution >= 0.6 is 27.3 Å². The summed E-state index contributed by atoms with van der Waals surface area (Å²) < 4.78 is 8.41. The summed E-state index contributed by atoms with van der Waals surface area (Å²) in [5.41, 5.74) is 1.19. The number of thiazole rings is 1. The lowest BCUT2D eigenvalue weighted by Crippen LogP contribution is -2.38. The lowest BCUT2D eigenvalue weighted by Gasteiger charge is -2.31. The summed E-state index contributed by atoms with van der Waals surface area (Å²) in [7, 11) is 1.91. The second kappa shape index (κ2) is 6.45. The van der Waals surface area contributed by atoms with Crippen LogP contribution in [0, 0.1) is 0 Å². The molecule has 0 aromatic carbocycles. The number of aryl methyl sites for hydroxylation is 1. The van der Waals surface area contributed by atoms with Gasteiger partial charge in [0, 0.05) is 32.1 Å². The highest BCUT2D eigenvalue weighted by Gasteiger charge is 2.26. The molecule has 1 unspecified atom stereocenters. The van der Waals surface area contributed by atoms with Crippen LogP contribution in [0.1, 0.15) is 27.3 Å². The van der Waals surface area contributed by atoms with E-state index in [4.69, 9.17) is 9.84 Å². The molecule has 0 saturated carbocycles. The standard InChI is InChI=1S/C13H15BrN4O3S/c1-17-8(4-11(14)16-17)5-18-2-3-21-10(6-18)12-15-9(7-22-12)13(19)20/h4,7,10H,2-3,5-6H2,1H3,(H,19,20). The Morgan fingerprint density at radius 2 is 2.45 bits per heavy atom. The Morgan fingerprint density at radius 3 is 3.09 bits per heavy atom. The number of morpholine rings is 1.